The second-order valence-corrected chi connectivity index (χ2v) is 7.63. The van der Waals surface area contributed by atoms with E-state index < -0.39 is 5.97 Å². The summed E-state index contributed by atoms with van der Waals surface area (Å²) in [4.78, 5) is 20.7. The van der Waals surface area contributed by atoms with Crippen LogP contribution in [0.15, 0.2) is 84.0 Å². The fraction of sp³-hybridized carbons (Fsp3) is 0.222. The smallest absolute Gasteiger partial charge is 0.325 e. The molecule has 0 amide bonds. The van der Waals surface area contributed by atoms with Crippen molar-refractivity contribution in [2.45, 2.75) is 25.4 Å². The largest absolute Gasteiger partial charge is 0.489 e. The molecule has 8 heteroatoms. The summed E-state index contributed by atoms with van der Waals surface area (Å²) in [5.41, 5.74) is 3.45. The van der Waals surface area contributed by atoms with Crippen LogP contribution >= 0.6 is 0 Å². The van der Waals surface area contributed by atoms with Gasteiger partial charge in [0.1, 0.15) is 37.5 Å². The highest BCUT2D eigenvalue weighted by molar-refractivity contribution is 6.01. The molecule has 0 radical (unpaired) electrons. The predicted octanol–water partition coefficient (Wildman–Crippen LogP) is 4.50. The minimum atomic E-state index is -0.555. The third-order valence-corrected chi connectivity index (χ3v) is 5.25. The van der Waals surface area contributed by atoms with Crippen LogP contribution in [0.25, 0.3) is 0 Å². The summed E-state index contributed by atoms with van der Waals surface area (Å²) in [7, 11) is 1.51. The first kappa shape index (κ1) is 25.3. The lowest BCUT2D eigenvalue weighted by molar-refractivity contribution is -0.144. The van der Waals surface area contributed by atoms with Gasteiger partial charge in [0.25, 0.3) is 0 Å². The van der Waals surface area contributed by atoms with Gasteiger partial charge in [-0.25, -0.2) is 0 Å². The molecule has 35 heavy (non-hydrogen) atoms. The Morgan fingerprint density at radius 1 is 0.971 bits per heavy atom. The van der Waals surface area contributed by atoms with Gasteiger partial charge in [-0.1, -0.05) is 59.8 Å². The molecule has 2 N–H and O–H groups in total. The van der Waals surface area contributed by atoms with Gasteiger partial charge in [-0.05, 0) is 35.4 Å². The van der Waals surface area contributed by atoms with Gasteiger partial charge in [-0.15, -0.1) is 0 Å². The van der Waals surface area contributed by atoms with Crippen molar-refractivity contribution in [1.82, 2.24) is 0 Å². The maximum atomic E-state index is 11.5. The molecule has 0 heterocycles. The first-order chi connectivity index (χ1) is 17.1. The van der Waals surface area contributed by atoms with Crippen molar-refractivity contribution in [2.75, 3.05) is 13.7 Å². The standard InChI is InChI=1S/C27H27N3O5/c1-32-30-26(22-5-3-2-4-6-22)19-34-24-11-7-20(8-12-24)18-33-25-13-9-21(10-14-25)23(15-16-28)17-27(31)35-29/h2-14,23H,15,17-19,29H2,1H3/b30-26+. The molecule has 3 aromatic carbocycles. The molecular formula is C27H27N3O5. The van der Waals surface area contributed by atoms with Crippen molar-refractivity contribution in [3.63, 3.8) is 0 Å². The maximum absolute atomic E-state index is 11.5. The number of carbonyl (C=O) groups excluding carboxylic acids is 1. The molecule has 0 fully saturated rings. The fourth-order valence-electron chi connectivity index (χ4n) is 3.41. The van der Waals surface area contributed by atoms with E-state index in [0.29, 0.717) is 23.8 Å². The van der Waals surface area contributed by atoms with E-state index in [1.54, 1.807) is 0 Å². The van der Waals surface area contributed by atoms with E-state index in [9.17, 15) is 4.79 Å². The van der Waals surface area contributed by atoms with Crippen LogP contribution in [0, 0.1) is 11.3 Å². The molecule has 0 bridgehead atoms. The summed E-state index contributed by atoms with van der Waals surface area (Å²) in [6, 6.07) is 26.7. The van der Waals surface area contributed by atoms with E-state index in [2.05, 4.69) is 16.1 Å². The number of rotatable bonds is 12. The third kappa shape index (κ3) is 7.88. The van der Waals surface area contributed by atoms with Crippen LogP contribution in [0.5, 0.6) is 11.5 Å². The fourth-order valence-corrected chi connectivity index (χ4v) is 3.41. The number of oxime groups is 1. The summed E-state index contributed by atoms with van der Waals surface area (Å²) in [5, 5.41) is 13.1. The summed E-state index contributed by atoms with van der Waals surface area (Å²) in [6.07, 6.45) is 0.233. The quantitative estimate of drug-likeness (QED) is 0.304. The predicted molar refractivity (Wildman–Crippen MR) is 131 cm³/mol. The Labute approximate surface area is 204 Å². The number of nitrogens with two attached hydrogens (primary N) is 1. The van der Waals surface area contributed by atoms with Crippen molar-refractivity contribution < 1.29 is 23.9 Å². The molecule has 0 aromatic heterocycles. The third-order valence-electron chi connectivity index (χ3n) is 5.25. The average molecular weight is 474 g/mol. The number of hydrogen-bond donors (Lipinski definition) is 1. The molecular weight excluding hydrogens is 446 g/mol. The van der Waals surface area contributed by atoms with Gasteiger partial charge in [-0.2, -0.15) is 11.2 Å². The van der Waals surface area contributed by atoms with Crippen LogP contribution in [-0.4, -0.2) is 25.4 Å². The van der Waals surface area contributed by atoms with Crippen LogP contribution in [0.4, 0.5) is 0 Å². The molecule has 8 nitrogen and oxygen atoms in total. The van der Waals surface area contributed by atoms with E-state index in [-0.39, 0.29) is 25.4 Å². The summed E-state index contributed by atoms with van der Waals surface area (Å²) >= 11 is 0. The Hall–Kier alpha value is -4.35. The van der Waals surface area contributed by atoms with Gasteiger partial charge >= 0.3 is 5.97 Å². The first-order valence-corrected chi connectivity index (χ1v) is 11.0. The van der Waals surface area contributed by atoms with E-state index in [1.807, 2.05) is 78.9 Å². The highest BCUT2D eigenvalue weighted by Crippen LogP contribution is 2.26. The Bertz CT molecular complexity index is 1140. The summed E-state index contributed by atoms with van der Waals surface area (Å²) in [6.45, 7) is 0.650. The number of nitrogens with zero attached hydrogens (tertiary/aromatic N) is 2. The van der Waals surface area contributed by atoms with Gasteiger partial charge < -0.3 is 19.1 Å². The zero-order valence-electron chi connectivity index (χ0n) is 19.4. The molecule has 0 saturated heterocycles. The molecule has 0 aliphatic rings. The minimum Gasteiger partial charge on any atom is -0.489 e. The summed E-state index contributed by atoms with van der Waals surface area (Å²) in [5.74, 6) is 5.46. The van der Waals surface area contributed by atoms with Gasteiger partial charge in [0.2, 0.25) is 0 Å². The second-order valence-electron chi connectivity index (χ2n) is 7.63. The van der Waals surface area contributed by atoms with Gasteiger partial charge in [0.05, 0.1) is 12.5 Å². The lowest BCUT2D eigenvalue weighted by Crippen LogP contribution is -2.14. The number of carbonyl (C=O) groups is 1. The highest BCUT2D eigenvalue weighted by atomic mass is 16.7. The van der Waals surface area contributed by atoms with Crippen molar-refractivity contribution >= 4 is 11.7 Å². The average Bonchev–Trinajstić information content (AvgIpc) is 2.91. The van der Waals surface area contributed by atoms with E-state index in [4.69, 9.17) is 25.5 Å². The Kier molecular flexibility index (Phi) is 9.66. The van der Waals surface area contributed by atoms with Crippen LogP contribution in [0.3, 0.4) is 0 Å². The molecule has 0 aliphatic heterocycles. The topological polar surface area (TPSA) is 116 Å². The zero-order valence-corrected chi connectivity index (χ0v) is 19.4. The van der Waals surface area contributed by atoms with E-state index >= 15 is 0 Å². The SMILES string of the molecule is CO/N=C(\COc1ccc(COc2ccc(C(CC#N)CC(=O)ON)cc2)cc1)c1ccccc1. The maximum Gasteiger partial charge on any atom is 0.325 e. The monoisotopic (exact) mass is 473 g/mol. The molecule has 3 rings (SSSR count). The van der Waals surface area contributed by atoms with Crippen LogP contribution in [0.2, 0.25) is 0 Å². The van der Waals surface area contributed by atoms with E-state index in [0.717, 1.165) is 16.7 Å². The van der Waals surface area contributed by atoms with Gasteiger partial charge in [0, 0.05) is 17.9 Å². The molecule has 1 unspecified atom stereocenters. The van der Waals surface area contributed by atoms with Crippen molar-refractivity contribution in [3.8, 4) is 17.6 Å². The highest BCUT2D eigenvalue weighted by Gasteiger charge is 2.17. The number of hydrogen-bond acceptors (Lipinski definition) is 8. The molecule has 3 aromatic rings. The minimum absolute atomic E-state index is 0.0445. The summed E-state index contributed by atoms with van der Waals surface area (Å²) < 4.78 is 11.7. The van der Waals surface area contributed by atoms with Crippen LogP contribution in [-0.2, 0) is 21.1 Å². The molecule has 0 aliphatic carbocycles. The normalized spacial score (nSPS) is 11.7. The Morgan fingerprint density at radius 3 is 2.26 bits per heavy atom. The van der Waals surface area contributed by atoms with Crippen LogP contribution in [0.1, 0.15) is 35.4 Å². The zero-order chi connectivity index (χ0) is 24.9. The Balaban J connectivity index is 1.53. The molecule has 1 atom stereocenters. The molecule has 180 valence electrons. The lowest BCUT2D eigenvalue weighted by atomic mass is 9.93. The number of benzene rings is 3. The lowest BCUT2D eigenvalue weighted by Gasteiger charge is -2.13. The second kappa shape index (κ2) is 13.4. The van der Waals surface area contributed by atoms with Crippen LogP contribution < -0.4 is 15.4 Å². The van der Waals surface area contributed by atoms with Crippen molar-refractivity contribution in [1.29, 1.82) is 5.26 Å². The molecule has 0 saturated carbocycles. The van der Waals surface area contributed by atoms with Gasteiger partial charge in [-0.3, -0.25) is 4.79 Å². The number of ether oxygens (including phenoxy) is 2. The van der Waals surface area contributed by atoms with Gasteiger partial charge in [0.15, 0.2) is 0 Å². The number of nitriles is 1. The molecule has 0 spiro atoms. The van der Waals surface area contributed by atoms with Crippen molar-refractivity contribution in [3.05, 3.63) is 95.6 Å². The van der Waals surface area contributed by atoms with Crippen molar-refractivity contribution in [2.24, 2.45) is 11.1 Å². The Morgan fingerprint density at radius 2 is 1.63 bits per heavy atom. The first-order valence-electron chi connectivity index (χ1n) is 11.0. The van der Waals surface area contributed by atoms with E-state index in [1.165, 1.54) is 7.11 Å².